The largest absolute Gasteiger partial charge is 2.00 e. The molecule has 14 N–H and O–H groups in total. The Morgan fingerprint density at radius 2 is 0.957 bits per heavy atom. The molecule has 0 unspecified atom stereocenters. The van der Waals surface area contributed by atoms with E-state index in [1.54, 1.807) is 0 Å². The van der Waals surface area contributed by atoms with Gasteiger partial charge in [-0.15, -0.1) is 0 Å². The summed E-state index contributed by atoms with van der Waals surface area (Å²) in [5, 5.41) is 5.56. The predicted molar refractivity (Wildman–Crippen MR) is 88.1 cm³/mol. The molecule has 1 radical (unpaired) electrons. The first-order valence-corrected chi connectivity index (χ1v) is 6.16. The summed E-state index contributed by atoms with van der Waals surface area (Å²) < 4.78 is 34.8. The van der Waals surface area contributed by atoms with Gasteiger partial charge in [0.1, 0.15) is 0 Å². The van der Waals surface area contributed by atoms with Gasteiger partial charge in [-0.2, -0.15) is 0 Å². The summed E-state index contributed by atoms with van der Waals surface area (Å²) >= 11 is 18.4. The van der Waals surface area contributed by atoms with Crippen molar-refractivity contribution < 1.29 is 83.9 Å². The Bertz CT molecular complexity index is 298. The summed E-state index contributed by atoms with van der Waals surface area (Å²) in [5.74, 6) is 0. The maximum Gasteiger partial charge on any atom is 2.00 e. The van der Waals surface area contributed by atoms with Crippen LogP contribution in [0.3, 0.4) is 0 Å². The molecule has 0 spiro atoms. The van der Waals surface area contributed by atoms with Gasteiger partial charge in [0.05, 0.1) is 0 Å². The fourth-order valence-corrected chi connectivity index (χ4v) is 0.737. The van der Waals surface area contributed by atoms with Crippen LogP contribution in [0.1, 0.15) is 0 Å². The standard InChI is InChI=1S/C4H8N2S4.Mn.Ni.H2O4S.6H2O/c7-3(8)5-1-2-6-4(9)10;;;1-5(2,3)4;;;;;;/h1-2H2,(H2,5,7,8)(H2,6,9,10);;;(H2,1,2,3,4);6*1H2/q;2*+2;;;;;;;/p-4. The van der Waals surface area contributed by atoms with Gasteiger partial charge in [-0.05, 0) is 0 Å². The SMILES string of the molecule is O.O.O.O.O.O.O=S(=O)([O-])[O-].S=C([S-])NCCNC(=S)[S-].[Mn+2].[Ni+2]. The topological polar surface area (TPSA) is 293 Å². The first kappa shape index (κ1) is 64.9. The summed E-state index contributed by atoms with van der Waals surface area (Å²) in [6, 6.07) is 0. The van der Waals surface area contributed by atoms with Crippen LogP contribution in [0.4, 0.5) is 0 Å². The minimum atomic E-state index is -5.17. The quantitative estimate of drug-likeness (QED) is 0.0871. The van der Waals surface area contributed by atoms with Crippen LogP contribution in [0.15, 0.2) is 0 Å². The molecule has 0 amide bonds. The smallest absolute Gasteiger partial charge is 0.759 e. The number of hydrogen-bond donors (Lipinski definition) is 2. The van der Waals surface area contributed by atoms with Crippen LogP contribution >= 0.6 is 24.4 Å². The molecule has 0 bridgehead atoms. The molecule has 0 aromatic heterocycles. The zero-order valence-corrected chi connectivity index (χ0v) is 17.0. The molecule has 0 aromatic carbocycles. The monoisotopic (exact) mass is 527 g/mol. The molecule has 151 valence electrons. The zero-order valence-electron chi connectivity index (χ0n) is 10.8. The first-order chi connectivity index (χ1) is 6.63. The summed E-state index contributed by atoms with van der Waals surface area (Å²) in [6.07, 6.45) is 0. The van der Waals surface area contributed by atoms with Gasteiger partial charge in [-0.3, -0.25) is 8.42 Å². The molecule has 23 heavy (non-hydrogen) atoms. The molecule has 0 aliphatic carbocycles. The second-order valence-corrected chi connectivity index (χ2v) is 4.80. The van der Waals surface area contributed by atoms with Crippen LogP contribution in [-0.2, 0) is 69.2 Å². The molecule has 0 fully saturated rings. The van der Waals surface area contributed by atoms with E-state index in [9.17, 15) is 0 Å². The second-order valence-electron chi connectivity index (χ2n) is 1.84. The minimum Gasteiger partial charge on any atom is -0.759 e. The van der Waals surface area contributed by atoms with Gasteiger partial charge in [0.15, 0.2) is 0 Å². The van der Waals surface area contributed by atoms with E-state index < -0.39 is 10.4 Å². The molecule has 0 rings (SSSR count). The average molecular weight is 528 g/mol. The van der Waals surface area contributed by atoms with E-state index >= 15 is 0 Å². The molecule has 0 saturated heterocycles. The summed E-state index contributed by atoms with van der Waals surface area (Å²) in [5.41, 5.74) is 0. The number of thiocarbonyl (C=S) groups is 2. The van der Waals surface area contributed by atoms with E-state index in [2.05, 4.69) is 60.3 Å². The fourth-order valence-electron chi connectivity index (χ4n) is 0.329. The fraction of sp³-hybridized carbons (Fsp3) is 0.500. The van der Waals surface area contributed by atoms with Gasteiger partial charge in [-0.25, -0.2) is 0 Å². The van der Waals surface area contributed by atoms with Crippen molar-refractivity contribution in [3.05, 3.63) is 0 Å². The van der Waals surface area contributed by atoms with Gasteiger partial charge >= 0.3 is 33.6 Å². The Labute approximate surface area is 175 Å². The Balaban J connectivity index is -0.0000000149. The van der Waals surface area contributed by atoms with Crippen molar-refractivity contribution in [2.45, 2.75) is 0 Å². The van der Waals surface area contributed by atoms with Gasteiger partial charge in [0.25, 0.3) is 0 Å². The second kappa shape index (κ2) is 38.4. The Kier molecular flexibility index (Phi) is 108. The van der Waals surface area contributed by atoms with E-state index in [4.69, 9.17) is 17.5 Å². The van der Waals surface area contributed by atoms with Crippen LogP contribution in [0.5, 0.6) is 0 Å². The van der Waals surface area contributed by atoms with Crippen LogP contribution in [0.2, 0.25) is 0 Å². The molecule has 19 heteroatoms. The molecule has 0 saturated carbocycles. The van der Waals surface area contributed by atoms with Crippen LogP contribution in [0, 0.1) is 0 Å². The van der Waals surface area contributed by atoms with Crippen LogP contribution < -0.4 is 10.6 Å². The van der Waals surface area contributed by atoms with Gasteiger partial charge in [0, 0.05) is 23.5 Å². The minimum absolute atomic E-state index is 0. The van der Waals surface area contributed by atoms with E-state index in [1.807, 2.05) is 0 Å². The molecule has 0 aliphatic heterocycles. The molecule has 0 heterocycles. The summed E-state index contributed by atoms with van der Waals surface area (Å²) in [4.78, 5) is 0. The third kappa shape index (κ3) is 161. The molecule has 0 atom stereocenters. The number of nitrogens with one attached hydrogen (secondary N) is 2. The van der Waals surface area contributed by atoms with Gasteiger partial charge in [-0.1, -0.05) is 8.64 Å². The molecular formula is C4H18MnN2NiO10S5. The van der Waals surface area contributed by atoms with E-state index in [-0.39, 0.29) is 66.4 Å². The Morgan fingerprint density at radius 1 is 0.826 bits per heavy atom. The molecule has 12 nitrogen and oxygen atoms in total. The number of hydrogen-bond acceptors (Lipinski definition) is 8. The van der Waals surface area contributed by atoms with E-state index in [0.717, 1.165) is 0 Å². The summed E-state index contributed by atoms with van der Waals surface area (Å²) in [7, 11) is -5.17. The van der Waals surface area contributed by atoms with Crippen molar-refractivity contribution in [2.75, 3.05) is 13.1 Å². The Hall–Kier alpha value is 0.863. The van der Waals surface area contributed by atoms with Gasteiger partial charge in [0.2, 0.25) is 0 Å². The van der Waals surface area contributed by atoms with Crippen molar-refractivity contribution in [3.63, 3.8) is 0 Å². The predicted octanol–water partition coefficient (Wildman–Crippen LogP) is -6.46. The third-order valence-corrected chi connectivity index (χ3v) is 1.24. The van der Waals surface area contributed by atoms with Crippen molar-refractivity contribution in [1.29, 1.82) is 0 Å². The maximum absolute atomic E-state index is 8.52. The van der Waals surface area contributed by atoms with Crippen molar-refractivity contribution in [2.24, 2.45) is 0 Å². The maximum atomic E-state index is 8.52. The Morgan fingerprint density at radius 3 is 1.04 bits per heavy atom. The van der Waals surface area contributed by atoms with E-state index in [1.165, 1.54) is 0 Å². The molecule has 0 aliphatic rings. The van der Waals surface area contributed by atoms with Crippen LogP contribution in [0.25, 0.3) is 0 Å². The molecule has 0 aromatic rings. The third-order valence-electron chi connectivity index (χ3n) is 0.664. The van der Waals surface area contributed by atoms with E-state index in [0.29, 0.717) is 21.7 Å². The first-order valence-electron chi connectivity index (χ1n) is 3.19. The van der Waals surface area contributed by atoms with Gasteiger partial charge < -0.3 is 102 Å². The average Bonchev–Trinajstić information content (AvgIpc) is 1.94. The number of rotatable bonds is 3. The van der Waals surface area contributed by atoms with Crippen molar-refractivity contribution >= 4 is 68.7 Å². The van der Waals surface area contributed by atoms with Crippen molar-refractivity contribution in [1.82, 2.24) is 10.6 Å². The van der Waals surface area contributed by atoms with Crippen LogP contribution in [-0.4, -0.2) is 72.1 Å². The molecular weight excluding hydrogens is 510 g/mol. The normalized spacial score (nSPS) is 6.17. The van der Waals surface area contributed by atoms with Crippen molar-refractivity contribution in [3.8, 4) is 0 Å². The summed E-state index contributed by atoms with van der Waals surface area (Å²) in [6.45, 7) is 1.33. The zero-order chi connectivity index (χ0) is 12.5.